The maximum Gasteiger partial charge on any atom is 0.355 e. The third-order valence-corrected chi connectivity index (χ3v) is 4.78. The molecule has 1 aromatic rings. The summed E-state index contributed by atoms with van der Waals surface area (Å²) in [5.74, 6) is -0.951. The molecule has 7 heteroatoms. The number of H-pyrrole nitrogens is 1. The molecule has 0 spiro atoms. The van der Waals surface area contributed by atoms with E-state index in [1.165, 1.54) is 0 Å². The van der Waals surface area contributed by atoms with E-state index in [2.05, 4.69) is 4.98 Å². The van der Waals surface area contributed by atoms with Gasteiger partial charge < -0.3 is 19.4 Å². The molecule has 7 nitrogen and oxygen atoms in total. The number of Topliss-reactive ketones (excluding diaryl/α,β-unsaturated/α-hetero) is 1. The van der Waals surface area contributed by atoms with E-state index in [1.807, 2.05) is 13.8 Å². The standard InChI is InChI=1S/C20H30N2O5/c1-6-26-20(25)18-13(4)17(14(5)21-18)16(23)11-22(19(24)12(2)3)10-15-8-7-9-27-15/h12,15,21H,6-11H2,1-5H3/t15-/m1/s1. The predicted octanol–water partition coefficient (Wildman–Crippen LogP) is 2.65. The fourth-order valence-electron chi connectivity index (χ4n) is 3.46. The van der Waals surface area contributed by atoms with Crippen LogP contribution in [-0.4, -0.2) is 60.0 Å². The van der Waals surface area contributed by atoms with Crippen LogP contribution < -0.4 is 0 Å². The molecule has 1 amide bonds. The number of nitrogens with zero attached hydrogens (tertiary/aromatic N) is 1. The van der Waals surface area contributed by atoms with Crippen molar-refractivity contribution in [1.29, 1.82) is 0 Å². The van der Waals surface area contributed by atoms with E-state index in [0.29, 0.717) is 35.7 Å². The molecule has 1 saturated heterocycles. The summed E-state index contributed by atoms with van der Waals surface area (Å²) in [6, 6.07) is 0. The van der Waals surface area contributed by atoms with E-state index in [0.717, 1.165) is 12.8 Å². The molecule has 1 N–H and O–H groups in total. The maximum atomic E-state index is 13.0. The number of carbonyl (C=O) groups excluding carboxylic acids is 3. The van der Waals surface area contributed by atoms with Gasteiger partial charge in [-0.1, -0.05) is 13.8 Å². The molecule has 1 aliphatic rings. The third kappa shape index (κ3) is 4.97. The molecule has 2 rings (SSSR count). The molecule has 1 fully saturated rings. The lowest BCUT2D eigenvalue weighted by atomic mass is 10.0. The summed E-state index contributed by atoms with van der Waals surface area (Å²) in [6.45, 7) is 10.2. The Kier molecular flexibility index (Phi) is 7.18. The van der Waals surface area contributed by atoms with E-state index in [-0.39, 0.29) is 36.9 Å². The minimum atomic E-state index is -0.480. The van der Waals surface area contributed by atoms with Gasteiger partial charge in [-0.25, -0.2) is 4.79 Å². The number of nitrogens with one attached hydrogen (secondary N) is 1. The van der Waals surface area contributed by atoms with Gasteiger partial charge in [-0.15, -0.1) is 0 Å². The number of aryl methyl sites for hydroxylation is 1. The molecule has 150 valence electrons. The number of aromatic amines is 1. The van der Waals surface area contributed by atoms with Gasteiger partial charge in [0.2, 0.25) is 5.91 Å². The number of rotatable bonds is 8. The van der Waals surface area contributed by atoms with Crippen molar-refractivity contribution in [2.24, 2.45) is 5.92 Å². The monoisotopic (exact) mass is 378 g/mol. The van der Waals surface area contributed by atoms with Crippen LogP contribution in [0, 0.1) is 19.8 Å². The Hall–Kier alpha value is -2.15. The molecular weight excluding hydrogens is 348 g/mol. The fraction of sp³-hybridized carbons (Fsp3) is 0.650. The van der Waals surface area contributed by atoms with Crippen LogP contribution in [0.5, 0.6) is 0 Å². The fourth-order valence-corrected chi connectivity index (χ4v) is 3.46. The van der Waals surface area contributed by atoms with Crippen LogP contribution in [0.3, 0.4) is 0 Å². The van der Waals surface area contributed by atoms with Crippen molar-refractivity contribution in [3.05, 3.63) is 22.5 Å². The molecule has 27 heavy (non-hydrogen) atoms. The maximum absolute atomic E-state index is 13.0. The van der Waals surface area contributed by atoms with E-state index in [9.17, 15) is 14.4 Å². The highest BCUT2D eigenvalue weighted by atomic mass is 16.5. The number of ether oxygens (including phenoxy) is 2. The number of ketones is 1. The molecule has 0 unspecified atom stereocenters. The zero-order valence-corrected chi connectivity index (χ0v) is 16.9. The second-order valence-corrected chi connectivity index (χ2v) is 7.28. The number of amides is 1. The second-order valence-electron chi connectivity index (χ2n) is 7.28. The van der Waals surface area contributed by atoms with Gasteiger partial charge in [0, 0.05) is 30.3 Å². The van der Waals surface area contributed by atoms with Crippen molar-refractivity contribution in [1.82, 2.24) is 9.88 Å². The Bertz CT molecular complexity index is 701. The first kappa shape index (κ1) is 21.2. The summed E-state index contributed by atoms with van der Waals surface area (Å²) in [6.07, 6.45) is 1.84. The molecular formula is C20H30N2O5. The Morgan fingerprint density at radius 3 is 2.56 bits per heavy atom. The Balaban J connectivity index is 2.21. The molecule has 0 saturated carbocycles. The smallest absolute Gasteiger partial charge is 0.355 e. The van der Waals surface area contributed by atoms with Crippen LogP contribution in [0.1, 0.15) is 65.7 Å². The van der Waals surface area contributed by atoms with Gasteiger partial charge in [0.1, 0.15) is 5.69 Å². The number of hydrogen-bond donors (Lipinski definition) is 1. The summed E-state index contributed by atoms with van der Waals surface area (Å²) in [7, 11) is 0. The minimum Gasteiger partial charge on any atom is -0.461 e. The van der Waals surface area contributed by atoms with Crippen molar-refractivity contribution in [3.8, 4) is 0 Å². The molecule has 0 aliphatic carbocycles. The van der Waals surface area contributed by atoms with Crippen LogP contribution >= 0.6 is 0 Å². The van der Waals surface area contributed by atoms with E-state index in [4.69, 9.17) is 9.47 Å². The first-order valence-corrected chi connectivity index (χ1v) is 9.56. The summed E-state index contributed by atoms with van der Waals surface area (Å²) in [5, 5.41) is 0. The largest absolute Gasteiger partial charge is 0.461 e. The normalized spacial score (nSPS) is 16.6. The third-order valence-electron chi connectivity index (χ3n) is 4.78. The Morgan fingerprint density at radius 2 is 2.00 bits per heavy atom. The van der Waals surface area contributed by atoms with E-state index < -0.39 is 5.97 Å². The van der Waals surface area contributed by atoms with Crippen LogP contribution in [0.2, 0.25) is 0 Å². The molecule has 0 aromatic carbocycles. The van der Waals surface area contributed by atoms with Gasteiger partial charge >= 0.3 is 5.97 Å². The van der Waals surface area contributed by atoms with Gasteiger partial charge in [-0.2, -0.15) is 0 Å². The molecule has 1 atom stereocenters. The highest BCUT2D eigenvalue weighted by Crippen LogP contribution is 2.21. The topological polar surface area (TPSA) is 88.7 Å². The summed E-state index contributed by atoms with van der Waals surface area (Å²) < 4.78 is 10.7. The van der Waals surface area contributed by atoms with Crippen molar-refractivity contribution in [3.63, 3.8) is 0 Å². The lowest BCUT2D eigenvalue weighted by Gasteiger charge is -2.26. The number of esters is 1. The molecule has 0 radical (unpaired) electrons. The SMILES string of the molecule is CCOC(=O)c1[nH]c(C)c(C(=O)CN(C[C@H]2CCCO2)C(=O)C(C)C)c1C. The van der Waals surface area contributed by atoms with Crippen molar-refractivity contribution in [2.75, 3.05) is 26.3 Å². The Labute approximate surface area is 160 Å². The van der Waals surface area contributed by atoms with E-state index in [1.54, 1.807) is 25.7 Å². The summed E-state index contributed by atoms with van der Waals surface area (Å²) >= 11 is 0. The Morgan fingerprint density at radius 1 is 1.30 bits per heavy atom. The number of aromatic nitrogens is 1. The van der Waals surface area contributed by atoms with E-state index >= 15 is 0 Å². The van der Waals surface area contributed by atoms with Crippen LogP contribution in [0.25, 0.3) is 0 Å². The number of carbonyl (C=O) groups is 3. The van der Waals surface area contributed by atoms with Crippen molar-refractivity contribution in [2.45, 2.75) is 53.6 Å². The van der Waals surface area contributed by atoms with Gasteiger partial charge in [-0.05, 0) is 39.2 Å². The van der Waals surface area contributed by atoms with Crippen LogP contribution in [-0.2, 0) is 14.3 Å². The van der Waals surface area contributed by atoms with Crippen molar-refractivity contribution < 1.29 is 23.9 Å². The first-order valence-electron chi connectivity index (χ1n) is 9.56. The van der Waals surface area contributed by atoms with Gasteiger partial charge in [0.15, 0.2) is 5.78 Å². The first-order chi connectivity index (χ1) is 12.8. The highest BCUT2D eigenvalue weighted by Gasteiger charge is 2.29. The average Bonchev–Trinajstić information content (AvgIpc) is 3.21. The lowest BCUT2D eigenvalue weighted by Crippen LogP contribution is -2.42. The number of hydrogen-bond acceptors (Lipinski definition) is 5. The quantitative estimate of drug-likeness (QED) is 0.555. The van der Waals surface area contributed by atoms with Gasteiger partial charge in [0.25, 0.3) is 0 Å². The average molecular weight is 378 g/mol. The molecule has 2 heterocycles. The lowest BCUT2D eigenvalue weighted by molar-refractivity contribution is -0.135. The van der Waals surface area contributed by atoms with Gasteiger partial charge in [-0.3, -0.25) is 9.59 Å². The minimum absolute atomic E-state index is 0.0241. The molecule has 1 aliphatic heterocycles. The molecule has 1 aromatic heterocycles. The van der Waals surface area contributed by atoms with Gasteiger partial charge in [0.05, 0.1) is 19.3 Å². The molecule has 0 bridgehead atoms. The highest BCUT2D eigenvalue weighted by molar-refractivity contribution is 6.04. The summed E-state index contributed by atoms with van der Waals surface area (Å²) in [5.41, 5.74) is 1.91. The van der Waals surface area contributed by atoms with Crippen LogP contribution in [0.4, 0.5) is 0 Å². The second kappa shape index (κ2) is 9.17. The summed E-state index contributed by atoms with van der Waals surface area (Å²) in [4.78, 5) is 42.2. The zero-order valence-electron chi connectivity index (χ0n) is 16.9. The van der Waals surface area contributed by atoms with Crippen LogP contribution in [0.15, 0.2) is 0 Å². The zero-order chi connectivity index (χ0) is 20.1. The van der Waals surface area contributed by atoms with Crippen molar-refractivity contribution >= 4 is 17.7 Å². The predicted molar refractivity (Wildman–Crippen MR) is 101 cm³/mol.